The molecule has 1 aromatic heterocycles. The van der Waals surface area contributed by atoms with Gasteiger partial charge in [0.25, 0.3) is 5.91 Å². The first-order valence-electron chi connectivity index (χ1n) is 10.3. The van der Waals surface area contributed by atoms with Crippen molar-refractivity contribution in [1.82, 2.24) is 15.2 Å². The van der Waals surface area contributed by atoms with Gasteiger partial charge in [0, 0.05) is 29.2 Å². The number of unbranched alkanes of at least 4 members (excludes halogenated alkanes) is 1. The van der Waals surface area contributed by atoms with Crippen molar-refractivity contribution in [2.45, 2.75) is 77.4 Å². The average molecular weight is 400 g/mol. The van der Waals surface area contributed by atoms with Gasteiger partial charge in [0.15, 0.2) is 0 Å². The third-order valence-electron chi connectivity index (χ3n) is 5.36. The van der Waals surface area contributed by atoms with Gasteiger partial charge in [0.1, 0.15) is 9.88 Å². The van der Waals surface area contributed by atoms with Crippen molar-refractivity contribution in [3.8, 4) is 10.6 Å². The Hall–Kier alpha value is -1.72. The number of nitrogens with zero attached hydrogens (tertiary/aromatic N) is 2. The Morgan fingerprint density at radius 1 is 1.18 bits per heavy atom. The highest BCUT2D eigenvalue weighted by Gasteiger charge is 2.41. The number of benzene rings is 1. The number of amides is 1. The van der Waals surface area contributed by atoms with Crippen molar-refractivity contribution in [2.75, 3.05) is 6.54 Å². The number of nitrogens with one attached hydrogen (secondary N) is 1. The van der Waals surface area contributed by atoms with Crippen LogP contribution in [0.5, 0.6) is 0 Å². The summed E-state index contributed by atoms with van der Waals surface area (Å²) < 4.78 is 0. The molecule has 0 spiro atoms. The second-order valence-corrected chi connectivity index (χ2v) is 10.2. The lowest BCUT2D eigenvalue weighted by molar-refractivity contribution is 0.0445. The highest BCUT2D eigenvalue weighted by Crippen LogP contribution is 2.33. The minimum absolute atomic E-state index is 0.0139. The summed E-state index contributed by atoms with van der Waals surface area (Å²) in [6.07, 6.45) is 5.80. The van der Waals surface area contributed by atoms with E-state index in [1.165, 1.54) is 11.3 Å². The fourth-order valence-corrected chi connectivity index (χ4v) is 5.37. The first-order chi connectivity index (χ1) is 13.2. The molecule has 5 heteroatoms. The fraction of sp³-hybridized carbons (Fsp3) is 0.565. The second-order valence-electron chi connectivity index (χ2n) is 9.20. The molecule has 4 nitrogen and oxygen atoms in total. The van der Waals surface area contributed by atoms with E-state index in [4.69, 9.17) is 0 Å². The lowest BCUT2D eigenvalue weighted by Crippen LogP contribution is -2.62. The Morgan fingerprint density at radius 3 is 2.43 bits per heavy atom. The van der Waals surface area contributed by atoms with E-state index in [1.54, 1.807) is 6.20 Å². The van der Waals surface area contributed by atoms with E-state index >= 15 is 0 Å². The second kappa shape index (κ2) is 8.34. The molecule has 0 aliphatic carbocycles. The Kier molecular flexibility index (Phi) is 6.25. The van der Waals surface area contributed by atoms with E-state index in [0.29, 0.717) is 0 Å². The molecule has 0 radical (unpaired) electrons. The van der Waals surface area contributed by atoms with Crippen LogP contribution in [-0.4, -0.2) is 39.5 Å². The molecule has 1 aliphatic heterocycles. The van der Waals surface area contributed by atoms with Gasteiger partial charge in [-0.25, -0.2) is 4.98 Å². The van der Waals surface area contributed by atoms with Crippen LogP contribution in [0, 0.1) is 0 Å². The van der Waals surface area contributed by atoms with E-state index in [-0.39, 0.29) is 23.0 Å². The number of aromatic nitrogens is 1. The fourth-order valence-electron chi connectivity index (χ4n) is 4.50. The van der Waals surface area contributed by atoms with Crippen molar-refractivity contribution < 1.29 is 4.79 Å². The molecule has 1 amide bonds. The molecule has 28 heavy (non-hydrogen) atoms. The molecule has 0 saturated carbocycles. The van der Waals surface area contributed by atoms with Crippen LogP contribution >= 0.6 is 11.3 Å². The molecule has 0 unspecified atom stereocenters. The first-order valence-corrected chi connectivity index (χ1v) is 11.1. The monoisotopic (exact) mass is 399 g/mol. The van der Waals surface area contributed by atoms with Crippen LogP contribution in [0.1, 0.15) is 70.0 Å². The number of carbonyl (C=O) groups excluding carboxylic acids is 1. The lowest BCUT2D eigenvalue weighted by Gasteiger charge is -2.49. The minimum atomic E-state index is 0.0139. The molecule has 2 heterocycles. The highest BCUT2D eigenvalue weighted by molar-refractivity contribution is 7.16. The molecule has 0 atom stereocenters. The van der Waals surface area contributed by atoms with Gasteiger partial charge in [-0.1, -0.05) is 43.7 Å². The van der Waals surface area contributed by atoms with Crippen LogP contribution < -0.4 is 5.32 Å². The summed E-state index contributed by atoms with van der Waals surface area (Å²) in [7, 11) is 0. The van der Waals surface area contributed by atoms with Crippen molar-refractivity contribution >= 4 is 17.2 Å². The van der Waals surface area contributed by atoms with Crippen molar-refractivity contribution in [2.24, 2.45) is 0 Å². The molecule has 1 aromatic carbocycles. The standard InChI is InChI=1S/C23H33N3OS/c1-6-7-13-26(18-14-22(2,3)25-23(4,5)15-18)21(27)19-16-24-20(28-19)17-11-9-8-10-12-17/h8-12,16,18,25H,6-7,13-15H2,1-5H3. The van der Waals surface area contributed by atoms with Gasteiger partial charge in [-0.05, 0) is 47.0 Å². The predicted octanol–water partition coefficient (Wildman–Crippen LogP) is 5.36. The van der Waals surface area contributed by atoms with Crippen molar-refractivity contribution in [3.05, 3.63) is 41.4 Å². The summed E-state index contributed by atoms with van der Waals surface area (Å²) in [5.41, 5.74) is 1.09. The summed E-state index contributed by atoms with van der Waals surface area (Å²) in [4.78, 5) is 20.9. The maximum Gasteiger partial charge on any atom is 0.265 e. The smallest absolute Gasteiger partial charge is 0.265 e. The van der Waals surface area contributed by atoms with E-state index in [9.17, 15) is 4.79 Å². The maximum atomic E-state index is 13.5. The van der Waals surface area contributed by atoms with Crippen molar-refractivity contribution in [1.29, 1.82) is 0 Å². The third kappa shape index (κ3) is 5.00. The van der Waals surface area contributed by atoms with Gasteiger partial charge in [0.05, 0.1) is 6.20 Å². The maximum absolute atomic E-state index is 13.5. The lowest BCUT2D eigenvalue weighted by atomic mass is 9.79. The number of carbonyl (C=O) groups is 1. The Morgan fingerprint density at radius 2 is 1.82 bits per heavy atom. The minimum Gasteiger partial charge on any atom is -0.335 e. The highest BCUT2D eigenvalue weighted by atomic mass is 32.1. The van der Waals surface area contributed by atoms with Gasteiger partial charge in [-0.3, -0.25) is 4.79 Å². The summed E-state index contributed by atoms with van der Waals surface area (Å²) in [6.45, 7) is 11.9. The van der Waals surface area contributed by atoms with Gasteiger partial charge >= 0.3 is 0 Å². The van der Waals surface area contributed by atoms with Crippen LogP contribution in [-0.2, 0) is 0 Å². The summed E-state index contributed by atoms with van der Waals surface area (Å²) in [6, 6.07) is 10.3. The number of hydrogen-bond acceptors (Lipinski definition) is 4. The van der Waals surface area contributed by atoms with Crippen LogP contribution in [0.15, 0.2) is 36.5 Å². The van der Waals surface area contributed by atoms with E-state index in [0.717, 1.165) is 47.7 Å². The molecule has 1 fully saturated rings. The number of piperidine rings is 1. The van der Waals surface area contributed by atoms with Crippen LogP contribution in [0.25, 0.3) is 10.6 Å². The first kappa shape index (κ1) is 21.0. The van der Waals surface area contributed by atoms with Gasteiger partial charge in [-0.15, -0.1) is 11.3 Å². The molecule has 1 saturated heterocycles. The molecule has 1 aliphatic rings. The van der Waals surface area contributed by atoms with Crippen LogP contribution in [0.3, 0.4) is 0 Å². The summed E-state index contributed by atoms with van der Waals surface area (Å²) in [5.74, 6) is 0.131. The van der Waals surface area contributed by atoms with Crippen LogP contribution in [0.4, 0.5) is 0 Å². The van der Waals surface area contributed by atoms with E-state index in [2.05, 4.69) is 49.8 Å². The largest absolute Gasteiger partial charge is 0.335 e. The van der Waals surface area contributed by atoms with Crippen molar-refractivity contribution in [3.63, 3.8) is 0 Å². The molecule has 0 bridgehead atoms. The SMILES string of the molecule is CCCCN(C(=O)c1cnc(-c2ccccc2)s1)C1CC(C)(C)NC(C)(C)C1. The number of thiazole rings is 1. The Balaban J connectivity index is 1.85. The third-order valence-corrected chi connectivity index (χ3v) is 6.39. The molecule has 3 rings (SSSR count). The zero-order valence-electron chi connectivity index (χ0n) is 17.8. The zero-order chi connectivity index (χ0) is 20.4. The summed E-state index contributed by atoms with van der Waals surface area (Å²) >= 11 is 1.50. The number of hydrogen-bond donors (Lipinski definition) is 1. The van der Waals surface area contributed by atoms with Crippen LogP contribution in [0.2, 0.25) is 0 Å². The Labute approximate surface area is 173 Å². The molecule has 2 aromatic rings. The zero-order valence-corrected chi connectivity index (χ0v) is 18.6. The van der Waals surface area contributed by atoms with Gasteiger partial charge in [-0.2, -0.15) is 0 Å². The average Bonchev–Trinajstić information content (AvgIpc) is 3.10. The Bertz CT molecular complexity index is 781. The van der Waals surface area contributed by atoms with Gasteiger partial charge in [0.2, 0.25) is 0 Å². The van der Waals surface area contributed by atoms with Gasteiger partial charge < -0.3 is 10.2 Å². The summed E-state index contributed by atoms with van der Waals surface area (Å²) in [5, 5.41) is 4.64. The topological polar surface area (TPSA) is 45.2 Å². The molecular formula is C23H33N3OS. The molecule has 1 N–H and O–H groups in total. The molecule has 152 valence electrons. The number of rotatable bonds is 6. The normalized spacial score (nSPS) is 18.8. The predicted molar refractivity (Wildman–Crippen MR) is 118 cm³/mol. The van der Waals surface area contributed by atoms with E-state index in [1.807, 2.05) is 30.3 Å². The quantitative estimate of drug-likeness (QED) is 0.711. The molecular weight excluding hydrogens is 366 g/mol. The van der Waals surface area contributed by atoms with E-state index < -0.39 is 0 Å².